The van der Waals surface area contributed by atoms with E-state index in [9.17, 15) is 31.2 Å². The summed E-state index contributed by atoms with van der Waals surface area (Å²) in [5, 5.41) is 8.93. The molecule has 1 aromatic heterocycles. The maximum absolute atomic E-state index is 12.5. The average Bonchev–Trinajstić information content (AvgIpc) is 2.54. The molecule has 1 N–H and O–H groups in total. The van der Waals surface area contributed by atoms with Gasteiger partial charge in [-0.25, -0.2) is 4.79 Å². The highest BCUT2D eigenvalue weighted by Crippen LogP contribution is 2.29. The van der Waals surface area contributed by atoms with E-state index in [4.69, 9.17) is 5.11 Å². The monoisotopic (exact) mass is 398 g/mol. The molecule has 1 amide bonds. The Labute approximate surface area is 146 Å². The Balaban J connectivity index is 2.31. The molecule has 0 saturated carbocycles. The van der Waals surface area contributed by atoms with Crippen LogP contribution >= 0.6 is 0 Å². The predicted molar refractivity (Wildman–Crippen MR) is 83.6 cm³/mol. The van der Waals surface area contributed by atoms with Gasteiger partial charge in [0, 0.05) is 25.3 Å². The van der Waals surface area contributed by atoms with Gasteiger partial charge in [-0.1, -0.05) is 6.92 Å². The van der Waals surface area contributed by atoms with Crippen molar-refractivity contribution in [3.63, 3.8) is 0 Å². The largest absolute Gasteiger partial charge is 0.534 e. The first-order chi connectivity index (χ1) is 12.0. The van der Waals surface area contributed by atoms with Crippen LogP contribution in [-0.4, -0.2) is 47.7 Å². The van der Waals surface area contributed by atoms with Crippen molar-refractivity contribution in [2.24, 2.45) is 0 Å². The zero-order valence-electron chi connectivity index (χ0n) is 13.7. The predicted octanol–water partition coefficient (Wildman–Crippen LogP) is 1.95. The summed E-state index contributed by atoms with van der Waals surface area (Å²) in [6, 6.07) is 0.671. The van der Waals surface area contributed by atoms with E-state index in [0.29, 0.717) is 12.8 Å². The standard InChI is InChI=1S/C14H17F3N2O6S/c1-2-10-11(25-26(23,24)14(15,16)17)5-8-19(12(10)20)9-3-6-18(7-4-9)13(21)22/h5,8-9H,2-4,6-7H2,1H3,(H,21,22). The summed E-state index contributed by atoms with van der Waals surface area (Å²) < 4.78 is 65.2. The number of carbonyl (C=O) groups is 1. The molecule has 1 saturated heterocycles. The van der Waals surface area contributed by atoms with E-state index >= 15 is 0 Å². The minimum absolute atomic E-state index is 0.0314. The van der Waals surface area contributed by atoms with Crippen LogP contribution in [0.25, 0.3) is 0 Å². The van der Waals surface area contributed by atoms with Crippen molar-refractivity contribution in [1.82, 2.24) is 9.47 Å². The third-order valence-electron chi connectivity index (χ3n) is 4.14. The van der Waals surface area contributed by atoms with E-state index in [0.717, 1.165) is 6.07 Å². The van der Waals surface area contributed by atoms with Crippen LogP contribution in [0.5, 0.6) is 5.75 Å². The molecule has 1 fully saturated rings. The third-order valence-corrected chi connectivity index (χ3v) is 5.11. The highest BCUT2D eigenvalue weighted by Gasteiger charge is 2.49. The molecule has 26 heavy (non-hydrogen) atoms. The van der Waals surface area contributed by atoms with Gasteiger partial charge in [-0.3, -0.25) is 4.79 Å². The molecule has 2 rings (SSSR count). The lowest BCUT2D eigenvalue weighted by atomic mass is 10.0. The number of pyridine rings is 1. The summed E-state index contributed by atoms with van der Waals surface area (Å²) >= 11 is 0. The van der Waals surface area contributed by atoms with E-state index in [1.165, 1.54) is 22.6 Å². The normalized spacial score (nSPS) is 16.5. The summed E-state index contributed by atoms with van der Waals surface area (Å²) in [5.74, 6) is -0.658. The average molecular weight is 398 g/mol. The molecule has 0 aromatic carbocycles. The fourth-order valence-electron chi connectivity index (χ4n) is 2.77. The van der Waals surface area contributed by atoms with Gasteiger partial charge in [0.1, 0.15) is 0 Å². The number of carboxylic acid groups (broad SMARTS) is 1. The molecule has 0 unspecified atom stereocenters. The van der Waals surface area contributed by atoms with E-state index in [1.54, 1.807) is 0 Å². The van der Waals surface area contributed by atoms with Crippen LogP contribution in [0.3, 0.4) is 0 Å². The van der Waals surface area contributed by atoms with Crippen molar-refractivity contribution in [1.29, 1.82) is 0 Å². The van der Waals surface area contributed by atoms with Crippen molar-refractivity contribution in [3.05, 3.63) is 28.2 Å². The van der Waals surface area contributed by atoms with Crippen LogP contribution in [0.4, 0.5) is 18.0 Å². The molecule has 146 valence electrons. The number of nitrogens with zero attached hydrogens (tertiary/aromatic N) is 2. The van der Waals surface area contributed by atoms with E-state index < -0.39 is 33.0 Å². The summed E-state index contributed by atoms with van der Waals surface area (Å²) in [6.45, 7) is 1.92. The Bertz CT molecular complexity index is 841. The molecule has 1 aromatic rings. The first-order valence-corrected chi connectivity index (χ1v) is 9.11. The van der Waals surface area contributed by atoms with Crippen LogP contribution in [-0.2, 0) is 16.5 Å². The second kappa shape index (κ2) is 7.17. The van der Waals surface area contributed by atoms with Gasteiger partial charge < -0.3 is 18.8 Å². The van der Waals surface area contributed by atoms with E-state index in [2.05, 4.69) is 4.18 Å². The van der Waals surface area contributed by atoms with Gasteiger partial charge in [-0.2, -0.15) is 21.6 Å². The molecule has 0 bridgehead atoms. The maximum atomic E-state index is 12.5. The lowest BCUT2D eigenvalue weighted by Crippen LogP contribution is -2.40. The molecule has 1 aliphatic rings. The van der Waals surface area contributed by atoms with Gasteiger partial charge in [0.2, 0.25) is 0 Å². The summed E-state index contributed by atoms with van der Waals surface area (Å²) in [7, 11) is -5.87. The number of hydrogen-bond acceptors (Lipinski definition) is 5. The van der Waals surface area contributed by atoms with E-state index in [-0.39, 0.29) is 31.1 Å². The first-order valence-electron chi connectivity index (χ1n) is 7.70. The molecule has 0 spiro atoms. The van der Waals surface area contributed by atoms with Crippen LogP contribution in [0.1, 0.15) is 31.4 Å². The van der Waals surface area contributed by atoms with Gasteiger partial charge >= 0.3 is 21.7 Å². The van der Waals surface area contributed by atoms with Crippen LogP contribution in [0.15, 0.2) is 17.1 Å². The topological polar surface area (TPSA) is 106 Å². The molecular weight excluding hydrogens is 381 g/mol. The second-order valence-electron chi connectivity index (χ2n) is 5.71. The van der Waals surface area contributed by atoms with Gasteiger partial charge in [-0.05, 0) is 25.3 Å². The lowest BCUT2D eigenvalue weighted by molar-refractivity contribution is -0.0500. The van der Waals surface area contributed by atoms with Gasteiger partial charge in [0.25, 0.3) is 5.56 Å². The lowest BCUT2D eigenvalue weighted by Gasteiger charge is -2.31. The molecule has 8 nitrogen and oxygen atoms in total. The molecule has 2 heterocycles. The number of halogens is 3. The van der Waals surface area contributed by atoms with Crippen molar-refractivity contribution in [3.8, 4) is 5.75 Å². The van der Waals surface area contributed by atoms with Crippen molar-refractivity contribution < 1.29 is 35.7 Å². The van der Waals surface area contributed by atoms with Crippen LogP contribution < -0.4 is 9.74 Å². The van der Waals surface area contributed by atoms with Crippen LogP contribution in [0.2, 0.25) is 0 Å². The zero-order valence-corrected chi connectivity index (χ0v) is 14.5. The molecule has 0 atom stereocenters. The van der Waals surface area contributed by atoms with Gasteiger partial charge in [0.05, 0.1) is 5.56 Å². The number of likely N-dealkylation sites (tertiary alicyclic amines) is 1. The Hall–Kier alpha value is -2.24. The van der Waals surface area contributed by atoms with Crippen molar-refractivity contribution >= 4 is 16.2 Å². The van der Waals surface area contributed by atoms with Gasteiger partial charge in [-0.15, -0.1) is 0 Å². The van der Waals surface area contributed by atoms with E-state index in [1.807, 2.05) is 0 Å². The van der Waals surface area contributed by atoms with Gasteiger partial charge in [0.15, 0.2) is 5.75 Å². The Morgan fingerprint density at radius 3 is 2.38 bits per heavy atom. The molecule has 0 aliphatic carbocycles. The first kappa shape index (κ1) is 20.1. The minimum atomic E-state index is -5.87. The Kier molecular flexibility index (Phi) is 5.54. The zero-order chi connectivity index (χ0) is 19.7. The minimum Gasteiger partial charge on any atom is -0.465 e. The summed E-state index contributed by atoms with van der Waals surface area (Å²) in [5.41, 5.74) is -6.45. The molecule has 1 aliphatic heterocycles. The number of rotatable bonds is 4. The maximum Gasteiger partial charge on any atom is 0.534 e. The quantitative estimate of drug-likeness (QED) is 0.614. The smallest absolute Gasteiger partial charge is 0.465 e. The highest BCUT2D eigenvalue weighted by atomic mass is 32.2. The summed E-state index contributed by atoms with van der Waals surface area (Å²) in [6.07, 6.45) is 0.790. The Morgan fingerprint density at radius 2 is 1.92 bits per heavy atom. The molecule has 12 heteroatoms. The molecular formula is C14H17F3N2O6S. The fourth-order valence-corrected chi connectivity index (χ4v) is 3.26. The SMILES string of the molecule is CCc1c(OS(=O)(=O)C(F)(F)F)ccn(C2CCN(C(=O)O)CC2)c1=O. The molecule has 0 radical (unpaired) electrons. The number of amides is 1. The number of hydrogen-bond donors (Lipinski definition) is 1. The van der Waals surface area contributed by atoms with Crippen molar-refractivity contribution in [2.45, 2.75) is 37.7 Å². The number of alkyl halides is 3. The Morgan fingerprint density at radius 1 is 1.35 bits per heavy atom. The number of aromatic nitrogens is 1. The highest BCUT2D eigenvalue weighted by molar-refractivity contribution is 7.88. The second-order valence-corrected chi connectivity index (χ2v) is 7.25. The number of piperidine rings is 1. The van der Waals surface area contributed by atoms with Crippen LogP contribution in [0, 0.1) is 0 Å². The third kappa shape index (κ3) is 3.94. The summed E-state index contributed by atoms with van der Waals surface area (Å²) in [4.78, 5) is 24.7. The fraction of sp³-hybridized carbons (Fsp3) is 0.571. The van der Waals surface area contributed by atoms with Crippen molar-refractivity contribution in [2.75, 3.05) is 13.1 Å².